The largest absolute Gasteiger partial charge is 1.00 e. The van der Waals surface area contributed by atoms with Gasteiger partial charge in [0.2, 0.25) is 0 Å². The molecule has 0 unspecified atom stereocenters. The lowest BCUT2D eigenvalue weighted by Crippen LogP contribution is -3.00. The van der Waals surface area contributed by atoms with Crippen LogP contribution >= 0.6 is 0 Å². The zero-order chi connectivity index (χ0) is 21.1. The van der Waals surface area contributed by atoms with E-state index in [-0.39, 0.29) is 12.4 Å². The lowest BCUT2D eigenvalue weighted by molar-refractivity contribution is -0.00000691. The van der Waals surface area contributed by atoms with Gasteiger partial charge in [0.1, 0.15) is 0 Å². The predicted octanol–water partition coefficient (Wildman–Crippen LogP) is 4.36. The van der Waals surface area contributed by atoms with Crippen LogP contribution in [0.4, 0.5) is 22.7 Å². The van der Waals surface area contributed by atoms with Crippen LogP contribution in [0.25, 0.3) is 0 Å². The molecule has 0 aromatic heterocycles. The van der Waals surface area contributed by atoms with Crippen molar-refractivity contribution in [1.82, 2.24) is 0 Å². The Morgan fingerprint density at radius 3 is 1.30 bits per heavy atom. The summed E-state index contributed by atoms with van der Waals surface area (Å²) in [4.78, 5) is 5.44. The van der Waals surface area contributed by atoms with Gasteiger partial charge in [-0.25, -0.2) is 0 Å². The Hall–Kier alpha value is -2.07. The van der Waals surface area contributed by atoms with Crippen LogP contribution in [0.5, 0.6) is 11.5 Å². The maximum absolute atomic E-state index is 6.57. The molecule has 2 aromatic rings. The summed E-state index contributed by atoms with van der Waals surface area (Å²) in [7, 11) is 0. The van der Waals surface area contributed by atoms with E-state index in [0.717, 1.165) is 47.0 Å². The number of hydrogen-bond donors (Lipinski definition) is 1. The minimum absolute atomic E-state index is 0. The SMILES string of the molecule is [Cl-].c1cc2c(cc1N1C3CCCC1CCC3)Oc1cc(N3C4CCCC3CCC4)ccc1N2. The van der Waals surface area contributed by atoms with E-state index in [1.807, 2.05) is 0 Å². The topological polar surface area (TPSA) is 27.7 Å². The number of nitrogens with zero attached hydrogens (tertiary/aromatic N) is 2. The number of fused-ring (bicyclic) bond motifs is 6. The number of nitrogens with one attached hydrogen (secondary N) is 1. The highest BCUT2D eigenvalue weighted by Crippen LogP contribution is 2.48. The average Bonchev–Trinajstić information content (AvgIpc) is 2.81. The number of piperidine rings is 4. The molecule has 0 spiro atoms. The molecule has 0 aliphatic carbocycles. The Bertz CT molecular complexity index is 903. The Labute approximate surface area is 204 Å². The van der Waals surface area contributed by atoms with Gasteiger partial charge in [0.05, 0.1) is 11.4 Å². The van der Waals surface area contributed by atoms with Crippen molar-refractivity contribution in [2.45, 2.75) is 101 Å². The van der Waals surface area contributed by atoms with Crippen molar-refractivity contribution >= 4 is 22.7 Å². The second-order valence-corrected chi connectivity index (χ2v) is 10.7. The molecule has 4 nitrogen and oxygen atoms in total. The number of benzene rings is 2. The summed E-state index contributed by atoms with van der Waals surface area (Å²) in [5, 5.41) is 3.64. The van der Waals surface area contributed by atoms with Crippen molar-refractivity contribution in [3.63, 3.8) is 0 Å². The monoisotopic (exact) mass is 464 g/mol. The Morgan fingerprint density at radius 2 is 0.939 bits per heavy atom. The highest BCUT2D eigenvalue weighted by Gasteiger charge is 2.36. The minimum Gasteiger partial charge on any atom is -1.00 e. The van der Waals surface area contributed by atoms with E-state index in [2.05, 4.69) is 51.5 Å². The third kappa shape index (κ3) is 3.65. The number of ether oxygens (including phenoxy) is 1. The summed E-state index contributed by atoms with van der Waals surface area (Å²) in [5.74, 6) is 1.96. The van der Waals surface area contributed by atoms with Gasteiger partial charge < -0.3 is 32.3 Å². The van der Waals surface area contributed by atoms with Crippen LogP contribution in [0.2, 0.25) is 0 Å². The van der Waals surface area contributed by atoms with Crippen molar-refractivity contribution < 1.29 is 17.1 Å². The molecule has 4 fully saturated rings. The molecule has 4 bridgehead atoms. The molecule has 4 saturated heterocycles. The molecule has 1 N–H and O–H groups in total. The molecule has 5 aliphatic rings. The maximum Gasteiger partial charge on any atom is 0.153 e. The van der Waals surface area contributed by atoms with Crippen LogP contribution in [-0.2, 0) is 0 Å². The number of halogens is 1. The van der Waals surface area contributed by atoms with Gasteiger partial charge in [0.25, 0.3) is 0 Å². The molecule has 33 heavy (non-hydrogen) atoms. The van der Waals surface area contributed by atoms with Crippen molar-refractivity contribution in [2.75, 3.05) is 15.1 Å². The first-order chi connectivity index (χ1) is 15.8. The van der Waals surface area contributed by atoms with Gasteiger partial charge in [-0.2, -0.15) is 0 Å². The molecule has 0 saturated carbocycles. The summed E-state index contributed by atoms with van der Waals surface area (Å²) in [6.45, 7) is 0. The van der Waals surface area contributed by atoms with Crippen molar-refractivity contribution in [3.05, 3.63) is 36.4 Å². The number of anilines is 4. The summed E-state index contributed by atoms with van der Waals surface area (Å²) in [6.07, 6.45) is 16.3. The number of hydrogen-bond acceptors (Lipinski definition) is 4. The van der Waals surface area contributed by atoms with Gasteiger partial charge in [-0.3, -0.25) is 0 Å². The van der Waals surface area contributed by atoms with E-state index in [1.54, 1.807) is 0 Å². The summed E-state index contributed by atoms with van der Waals surface area (Å²) >= 11 is 0. The average molecular weight is 465 g/mol. The third-order valence-corrected chi connectivity index (χ3v) is 8.89. The van der Waals surface area contributed by atoms with E-state index >= 15 is 0 Å². The van der Waals surface area contributed by atoms with Gasteiger partial charge in [-0.15, -0.1) is 0 Å². The van der Waals surface area contributed by atoms with Crippen LogP contribution in [0.15, 0.2) is 36.4 Å². The summed E-state index contributed by atoms with van der Waals surface area (Å²) < 4.78 is 6.57. The zero-order valence-corrected chi connectivity index (χ0v) is 20.2. The maximum atomic E-state index is 6.57. The van der Waals surface area contributed by atoms with E-state index in [0.29, 0.717) is 0 Å². The quantitative estimate of drug-likeness (QED) is 0.609. The third-order valence-electron chi connectivity index (χ3n) is 8.89. The summed E-state index contributed by atoms with van der Waals surface area (Å²) in [6, 6.07) is 16.5. The normalized spacial score (nSPS) is 29.7. The van der Waals surface area contributed by atoms with Crippen molar-refractivity contribution in [3.8, 4) is 11.5 Å². The molecular formula is C28H35ClN3O-. The van der Waals surface area contributed by atoms with E-state index < -0.39 is 0 Å². The first kappa shape index (κ1) is 21.5. The fourth-order valence-electron chi connectivity index (χ4n) is 7.47. The first-order valence-electron chi connectivity index (χ1n) is 13.1. The fraction of sp³-hybridized carbons (Fsp3) is 0.571. The number of rotatable bonds is 2. The highest BCUT2D eigenvalue weighted by molar-refractivity contribution is 5.79. The highest BCUT2D eigenvalue weighted by atomic mass is 35.5. The molecular weight excluding hydrogens is 430 g/mol. The standard InChI is InChI=1S/C28H35N3O.ClH/c1-5-19-7-2-8-20(6-1)30(19)23-13-15-25-27(17-23)32-28-18-24(14-16-26(28)29-25)31-21-9-3-10-22(31)12-4-11-21;/h13-22,29H,1-12H2;1H/p-1. The van der Waals surface area contributed by atoms with E-state index in [4.69, 9.17) is 4.74 Å². The zero-order valence-electron chi connectivity index (χ0n) is 19.4. The van der Waals surface area contributed by atoms with Crippen LogP contribution in [-0.4, -0.2) is 24.2 Å². The van der Waals surface area contributed by atoms with Gasteiger partial charge in [-0.1, -0.05) is 0 Å². The molecule has 0 atom stereocenters. The molecule has 2 aromatic carbocycles. The molecule has 7 rings (SSSR count). The van der Waals surface area contributed by atoms with Gasteiger partial charge in [0.15, 0.2) is 11.5 Å². The Balaban J connectivity index is 0.00000206. The molecule has 5 aliphatic heterocycles. The molecule has 5 heteroatoms. The van der Waals surface area contributed by atoms with Crippen LogP contribution in [0.3, 0.4) is 0 Å². The second-order valence-electron chi connectivity index (χ2n) is 10.7. The van der Waals surface area contributed by atoms with E-state index in [9.17, 15) is 0 Å². The van der Waals surface area contributed by atoms with Crippen LogP contribution < -0.4 is 32.3 Å². The smallest absolute Gasteiger partial charge is 0.153 e. The molecule has 5 heterocycles. The Kier molecular flexibility index (Phi) is 5.60. The second kappa shape index (κ2) is 8.61. The fourth-order valence-corrected chi connectivity index (χ4v) is 7.47. The van der Waals surface area contributed by atoms with E-state index in [1.165, 1.54) is 88.4 Å². The molecule has 0 radical (unpaired) electrons. The van der Waals surface area contributed by atoms with Gasteiger partial charge in [0, 0.05) is 47.7 Å². The lowest BCUT2D eigenvalue weighted by atomic mass is 9.84. The Morgan fingerprint density at radius 1 is 0.576 bits per heavy atom. The molecule has 176 valence electrons. The van der Waals surface area contributed by atoms with Crippen LogP contribution in [0.1, 0.15) is 77.0 Å². The minimum atomic E-state index is 0. The first-order valence-corrected chi connectivity index (χ1v) is 13.1. The molecule has 0 amide bonds. The van der Waals surface area contributed by atoms with Crippen molar-refractivity contribution in [1.29, 1.82) is 0 Å². The van der Waals surface area contributed by atoms with Gasteiger partial charge >= 0.3 is 0 Å². The van der Waals surface area contributed by atoms with Crippen molar-refractivity contribution in [2.24, 2.45) is 0 Å². The summed E-state index contributed by atoms with van der Waals surface area (Å²) in [5.41, 5.74) is 4.88. The predicted molar refractivity (Wildman–Crippen MR) is 132 cm³/mol. The van der Waals surface area contributed by atoms with Crippen LogP contribution in [0, 0.1) is 0 Å². The lowest BCUT2D eigenvalue weighted by Gasteiger charge is -2.48. The van der Waals surface area contributed by atoms with Gasteiger partial charge in [-0.05, 0) is 101 Å².